The molecule has 1 rings (SSSR count). The molecule has 1 aromatic carbocycles. The molecule has 5 nitrogen and oxygen atoms in total. The van der Waals surface area contributed by atoms with E-state index in [1.807, 2.05) is 0 Å². The molecule has 0 spiro atoms. The number of ketones is 1. The van der Waals surface area contributed by atoms with Crippen LogP contribution in [0.3, 0.4) is 0 Å². The van der Waals surface area contributed by atoms with Gasteiger partial charge in [-0.3, -0.25) is 4.79 Å². The molecule has 0 aliphatic carbocycles. The standard InChI is InChI=1S/C12H11FO5/c1-17-11-4-3-7(13)5-8(11)9(14)6-10(15)12(16)18-2/h3-6,14H,1-2H3/b9-6-. The molecule has 0 saturated carbocycles. The van der Waals surface area contributed by atoms with Gasteiger partial charge in [-0.2, -0.15) is 0 Å². The molecule has 96 valence electrons. The summed E-state index contributed by atoms with van der Waals surface area (Å²) in [4.78, 5) is 22.1. The summed E-state index contributed by atoms with van der Waals surface area (Å²) in [6.07, 6.45) is 0.642. The smallest absolute Gasteiger partial charge is 0.378 e. The van der Waals surface area contributed by atoms with E-state index in [0.29, 0.717) is 6.08 Å². The number of rotatable bonds is 4. The zero-order valence-corrected chi connectivity index (χ0v) is 9.77. The van der Waals surface area contributed by atoms with Crippen molar-refractivity contribution in [2.75, 3.05) is 14.2 Å². The molecule has 6 heteroatoms. The molecule has 0 heterocycles. The van der Waals surface area contributed by atoms with Gasteiger partial charge in [-0.1, -0.05) is 0 Å². The molecule has 1 aromatic rings. The van der Waals surface area contributed by atoms with Gasteiger partial charge >= 0.3 is 5.97 Å². The molecule has 0 amide bonds. The van der Waals surface area contributed by atoms with Crippen molar-refractivity contribution in [2.24, 2.45) is 0 Å². The zero-order chi connectivity index (χ0) is 13.7. The van der Waals surface area contributed by atoms with Crippen LogP contribution < -0.4 is 4.74 Å². The summed E-state index contributed by atoms with van der Waals surface area (Å²) in [6.45, 7) is 0. The van der Waals surface area contributed by atoms with Gasteiger partial charge in [0.2, 0.25) is 0 Å². The number of halogens is 1. The second-order valence-electron chi connectivity index (χ2n) is 3.23. The van der Waals surface area contributed by atoms with Crippen molar-refractivity contribution in [3.8, 4) is 5.75 Å². The third-order valence-corrected chi connectivity index (χ3v) is 2.09. The SMILES string of the molecule is COC(=O)C(=O)/C=C(\O)c1cc(F)ccc1OC. The molecule has 0 saturated heterocycles. The highest BCUT2D eigenvalue weighted by atomic mass is 19.1. The van der Waals surface area contributed by atoms with Gasteiger partial charge in [0.05, 0.1) is 19.8 Å². The monoisotopic (exact) mass is 254 g/mol. The maximum atomic E-state index is 13.0. The van der Waals surface area contributed by atoms with Gasteiger partial charge in [0.15, 0.2) is 0 Å². The molecule has 0 bridgehead atoms. The number of carbonyl (C=O) groups excluding carboxylic acids is 2. The van der Waals surface area contributed by atoms with E-state index in [1.165, 1.54) is 13.2 Å². The predicted octanol–water partition coefficient (Wildman–Crippen LogP) is 1.48. The summed E-state index contributed by atoms with van der Waals surface area (Å²) in [5, 5.41) is 9.66. The zero-order valence-electron chi connectivity index (χ0n) is 9.77. The lowest BCUT2D eigenvalue weighted by Crippen LogP contribution is -2.13. The summed E-state index contributed by atoms with van der Waals surface area (Å²) in [5.74, 6) is -3.21. The van der Waals surface area contributed by atoms with E-state index >= 15 is 0 Å². The van der Waals surface area contributed by atoms with Crippen molar-refractivity contribution in [1.82, 2.24) is 0 Å². The Morgan fingerprint density at radius 2 is 2.00 bits per heavy atom. The quantitative estimate of drug-likeness (QED) is 0.381. The van der Waals surface area contributed by atoms with E-state index in [9.17, 15) is 19.1 Å². The number of aliphatic hydroxyl groups excluding tert-OH is 1. The average Bonchev–Trinajstić information content (AvgIpc) is 2.37. The molecule has 0 aromatic heterocycles. The Hall–Kier alpha value is -2.37. The fraction of sp³-hybridized carbons (Fsp3) is 0.167. The number of carbonyl (C=O) groups is 2. The Labute approximate surface area is 102 Å². The van der Waals surface area contributed by atoms with Gasteiger partial charge in [-0.15, -0.1) is 0 Å². The van der Waals surface area contributed by atoms with E-state index in [2.05, 4.69) is 4.74 Å². The Bertz CT molecular complexity index is 507. The van der Waals surface area contributed by atoms with Crippen LogP contribution in [0.4, 0.5) is 4.39 Å². The fourth-order valence-corrected chi connectivity index (χ4v) is 1.24. The van der Waals surface area contributed by atoms with Crippen LogP contribution in [0.1, 0.15) is 5.56 Å². The van der Waals surface area contributed by atoms with E-state index in [0.717, 1.165) is 19.2 Å². The minimum absolute atomic E-state index is 0.0326. The van der Waals surface area contributed by atoms with Crippen molar-refractivity contribution in [3.63, 3.8) is 0 Å². The number of hydrogen-bond acceptors (Lipinski definition) is 5. The van der Waals surface area contributed by atoms with Gasteiger partial charge in [-0.25, -0.2) is 9.18 Å². The lowest BCUT2D eigenvalue weighted by Gasteiger charge is -2.07. The van der Waals surface area contributed by atoms with Crippen molar-refractivity contribution in [1.29, 1.82) is 0 Å². The number of aliphatic hydroxyl groups is 1. The number of ether oxygens (including phenoxy) is 2. The summed E-state index contributed by atoms with van der Waals surface area (Å²) in [5.41, 5.74) is -0.0326. The maximum Gasteiger partial charge on any atom is 0.378 e. The fourth-order valence-electron chi connectivity index (χ4n) is 1.24. The van der Waals surface area contributed by atoms with Crippen molar-refractivity contribution in [2.45, 2.75) is 0 Å². The lowest BCUT2D eigenvalue weighted by molar-refractivity contribution is -0.149. The molecular formula is C12H11FO5. The first-order valence-corrected chi connectivity index (χ1v) is 4.86. The summed E-state index contributed by atoms with van der Waals surface area (Å²) >= 11 is 0. The van der Waals surface area contributed by atoms with Crippen molar-refractivity contribution in [3.05, 3.63) is 35.7 Å². The highest BCUT2D eigenvalue weighted by Gasteiger charge is 2.15. The first kappa shape index (κ1) is 13.7. The first-order chi connectivity index (χ1) is 8.49. The largest absolute Gasteiger partial charge is 0.507 e. The van der Waals surface area contributed by atoms with Crippen LogP contribution in [0.5, 0.6) is 5.75 Å². The second-order valence-corrected chi connectivity index (χ2v) is 3.23. The summed E-state index contributed by atoms with van der Waals surface area (Å²) in [6, 6.07) is 3.41. The van der Waals surface area contributed by atoms with Gasteiger partial charge in [0.25, 0.3) is 5.78 Å². The highest BCUT2D eigenvalue weighted by molar-refractivity contribution is 6.39. The van der Waals surface area contributed by atoms with E-state index in [-0.39, 0.29) is 11.3 Å². The highest BCUT2D eigenvalue weighted by Crippen LogP contribution is 2.25. The van der Waals surface area contributed by atoms with E-state index < -0.39 is 23.3 Å². The van der Waals surface area contributed by atoms with E-state index in [4.69, 9.17) is 4.74 Å². The number of benzene rings is 1. The van der Waals surface area contributed by atoms with Crippen LogP contribution in [-0.4, -0.2) is 31.1 Å². The normalized spacial score (nSPS) is 10.9. The molecule has 0 unspecified atom stereocenters. The molecule has 0 radical (unpaired) electrons. The third-order valence-electron chi connectivity index (χ3n) is 2.09. The Balaban J connectivity index is 3.13. The molecule has 0 aliphatic heterocycles. The van der Waals surface area contributed by atoms with Crippen molar-refractivity contribution >= 4 is 17.5 Å². The topological polar surface area (TPSA) is 72.8 Å². The number of hydrogen-bond donors (Lipinski definition) is 1. The van der Waals surface area contributed by atoms with Gasteiger partial charge in [0, 0.05) is 6.08 Å². The number of esters is 1. The van der Waals surface area contributed by atoms with Gasteiger partial charge < -0.3 is 14.6 Å². The van der Waals surface area contributed by atoms with Gasteiger partial charge in [-0.05, 0) is 18.2 Å². The van der Waals surface area contributed by atoms with Crippen LogP contribution in [0, 0.1) is 5.82 Å². The first-order valence-electron chi connectivity index (χ1n) is 4.86. The van der Waals surface area contributed by atoms with Crippen LogP contribution in [0.2, 0.25) is 0 Å². The minimum atomic E-state index is -1.13. The average molecular weight is 254 g/mol. The second kappa shape index (κ2) is 5.81. The summed E-state index contributed by atoms with van der Waals surface area (Å²) in [7, 11) is 2.36. The Morgan fingerprint density at radius 3 is 2.56 bits per heavy atom. The molecule has 0 atom stereocenters. The van der Waals surface area contributed by atoms with Crippen molar-refractivity contribution < 1.29 is 28.6 Å². The van der Waals surface area contributed by atoms with Crippen LogP contribution in [0.25, 0.3) is 5.76 Å². The minimum Gasteiger partial charge on any atom is -0.507 e. The molecule has 0 fully saturated rings. The van der Waals surface area contributed by atoms with Crippen LogP contribution in [-0.2, 0) is 14.3 Å². The Morgan fingerprint density at radius 1 is 1.33 bits per heavy atom. The molecule has 18 heavy (non-hydrogen) atoms. The van der Waals surface area contributed by atoms with Crippen LogP contribution in [0.15, 0.2) is 24.3 Å². The third kappa shape index (κ3) is 3.07. The molecule has 0 aliphatic rings. The Kier molecular flexibility index (Phi) is 4.42. The van der Waals surface area contributed by atoms with E-state index in [1.54, 1.807) is 0 Å². The van der Waals surface area contributed by atoms with Crippen LogP contribution >= 0.6 is 0 Å². The lowest BCUT2D eigenvalue weighted by atomic mass is 10.1. The van der Waals surface area contributed by atoms with Gasteiger partial charge in [0.1, 0.15) is 17.3 Å². The molecular weight excluding hydrogens is 243 g/mol. The molecule has 1 N–H and O–H groups in total. The maximum absolute atomic E-state index is 13.0. The predicted molar refractivity (Wildman–Crippen MR) is 60.6 cm³/mol. The summed E-state index contributed by atoms with van der Waals surface area (Å²) < 4.78 is 22.1. The number of methoxy groups -OCH3 is 2.